The molecule has 7 nitrogen and oxygen atoms in total. The first-order chi connectivity index (χ1) is 17.0. The minimum Gasteiger partial charge on any atom is -0.465 e. The molecule has 3 amide bonds. The fourth-order valence-electron chi connectivity index (χ4n) is 5.24. The third-order valence-corrected chi connectivity index (χ3v) is 6.79. The van der Waals surface area contributed by atoms with Crippen molar-refractivity contribution in [1.29, 1.82) is 0 Å². The summed E-state index contributed by atoms with van der Waals surface area (Å²) in [6.07, 6.45) is 0.318. The van der Waals surface area contributed by atoms with Gasteiger partial charge in [0.25, 0.3) is 5.91 Å². The summed E-state index contributed by atoms with van der Waals surface area (Å²) in [6, 6.07) is 18.1. The first-order valence-electron chi connectivity index (χ1n) is 11.2. The number of aromatic nitrogens is 1. The van der Waals surface area contributed by atoms with Gasteiger partial charge in [0.1, 0.15) is 17.9 Å². The maximum absolute atomic E-state index is 13.9. The van der Waals surface area contributed by atoms with E-state index >= 15 is 0 Å². The van der Waals surface area contributed by atoms with Crippen molar-refractivity contribution in [1.82, 2.24) is 9.88 Å². The summed E-state index contributed by atoms with van der Waals surface area (Å²) in [6.45, 7) is 0. The molecule has 1 saturated heterocycles. The van der Waals surface area contributed by atoms with E-state index in [0.717, 1.165) is 27.1 Å². The predicted molar refractivity (Wildman–Crippen MR) is 127 cm³/mol. The van der Waals surface area contributed by atoms with Crippen molar-refractivity contribution in [3.05, 3.63) is 101 Å². The fourth-order valence-corrected chi connectivity index (χ4v) is 5.24. The maximum atomic E-state index is 13.9. The largest absolute Gasteiger partial charge is 0.465 e. The lowest BCUT2D eigenvalue weighted by molar-refractivity contribution is -0.120. The lowest BCUT2D eigenvalue weighted by Crippen LogP contribution is -2.44. The van der Waals surface area contributed by atoms with Crippen molar-refractivity contribution in [2.45, 2.75) is 18.5 Å². The van der Waals surface area contributed by atoms with Crippen LogP contribution in [0.3, 0.4) is 0 Å². The number of nitrogens with zero attached hydrogens (tertiary/aromatic N) is 2. The summed E-state index contributed by atoms with van der Waals surface area (Å²) >= 11 is 0. The molecule has 2 atom stereocenters. The normalized spacial score (nSPS) is 19.1. The second-order valence-corrected chi connectivity index (χ2v) is 8.61. The SMILES string of the molecule is COC(=O)c1ccccc1N1C(=O)[C@@H]2Cc3c([nH]c4ccccc34)C(c3ccc(F)cc3)N2C1=O. The van der Waals surface area contributed by atoms with Crippen molar-refractivity contribution < 1.29 is 23.5 Å². The van der Waals surface area contributed by atoms with Gasteiger partial charge in [0.15, 0.2) is 0 Å². The Hall–Kier alpha value is -4.46. The van der Waals surface area contributed by atoms with Crippen molar-refractivity contribution in [3.63, 3.8) is 0 Å². The van der Waals surface area contributed by atoms with Gasteiger partial charge < -0.3 is 9.72 Å². The number of methoxy groups -OCH3 is 1. The van der Waals surface area contributed by atoms with E-state index in [4.69, 9.17) is 4.74 Å². The van der Waals surface area contributed by atoms with Crippen LogP contribution in [0.2, 0.25) is 0 Å². The number of fused-ring (bicyclic) bond motifs is 4. The first-order valence-corrected chi connectivity index (χ1v) is 11.2. The molecule has 0 aliphatic carbocycles. The molecule has 0 spiro atoms. The number of ether oxygens (including phenoxy) is 1. The van der Waals surface area contributed by atoms with Gasteiger partial charge in [-0.2, -0.15) is 0 Å². The molecule has 0 bridgehead atoms. The Morgan fingerprint density at radius 2 is 1.71 bits per heavy atom. The van der Waals surface area contributed by atoms with Crippen LogP contribution in [0.1, 0.15) is 33.2 Å². The Balaban J connectivity index is 1.54. The van der Waals surface area contributed by atoms with Crippen molar-refractivity contribution in [3.8, 4) is 0 Å². The van der Waals surface area contributed by atoms with Crippen molar-refractivity contribution >= 4 is 34.5 Å². The zero-order valence-electron chi connectivity index (χ0n) is 18.7. The number of amides is 3. The highest BCUT2D eigenvalue weighted by molar-refractivity contribution is 6.23. The summed E-state index contributed by atoms with van der Waals surface area (Å²) < 4.78 is 18.6. The van der Waals surface area contributed by atoms with Crippen LogP contribution < -0.4 is 4.90 Å². The van der Waals surface area contributed by atoms with Crippen LogP contribution in [0.5, 0.6) is 0 Å². The average Bonchev–Trinajstić information content (AvgIpc) is 3.37. The van der Waals surface area contributed by atoms with Gasteiger partial charge in [-0.3, -0.25) is 9.69 Å². The predicted octanol–water partition coefficient (Wildman–Crippen LogP) is 4.58. The van der Waals surface area contributed by atoms with E-state index in [0.29, 0.717) is 12.0 Å². The number of anilines is 1. The topological polar surface area (TPSA) is 82.7 Å². The van der Waals surface area contributed by atoms with Crippen LogP contribution in [-0.4, -0.2) is 40.9 Å². The minimum absolute atomic E-state index is 0.124. The van der Waals surface area contributed by atoms with Crippen LogP contribution in [0, 0.1) is 5.82 Å². The van der Waals surface area contributed by atoms with Crippen LogP contribution in [0.15, 0.2) is 72.8 Å². The van der Waals surface area contributed by atoms with E-state index in [1.807, 2.05) is 24.3 Å². The number of carbonyl (C=O) groups excluding carboxylic acids is 3. The number of halogens is 1. The molecule has 2 aliphatic rings. The monoisotopic (exact) mass is 469 g/mol. The number of para-hydroxylation sites is 2. The van der Waals surface area contributed by atoms with E-state index in [1.165, 1.54) is 30.2 Å². The summed E-state index contributed by atoms with van der Waals surface area (Å²) in [4.78, 5) is 46.0. The van der Waals surface area contributed by atoms with Gasteiger partial charge in [0.2, 0.25) is 0 Å². The molecule has 2 aliphatic heterocycles. The Morgan fingerprint density at radius 1 is 1.00 bits per heavy atom. The van der Waals surface area contributed by atoms with E-state index in [9.17, 15) is 18.8 Å². The molecule has 1 fully saturated rings. The number of imide groups is 1. The molecule has 3 heterocycles. The smallest absolute Gasteiger partial charge is 0.339 e. The number of esters is 1. The standard InChI is InChI=1S/C27H20FN3O4/c1-35-26(33)18-7-3-5-9-21(18)31-25(32)22-14-19-17-6-2-4-8-20(17)29-23(19)24(30(22)27(31)34)15-10-12-16(28)13-11-15/h2-13,22,24,29H,14H2,1H3/t22-,24?/m0/s1. The molecule has 1 unspecified atom stereocenters. The van der Waals surface area contributed by atoms with Gasteiger partial charge >= 0.3 is 12.0 Å². The second-order valence-electron chi connectivity index (χ2n) is 8.61. The van der Waals surface area contributed by atoms with E-state index in [1.54, 1.807) is 30.3 Å². The number of nitrogens with one attached hydrogen (secondary N) is 1. The highest BCUT2D eigenvalue weighted by Crippen LogP contribution is 2.45. The number of aromatic amines is 1. The minimum atomic E-state index is -0.782. The lowest BCUT2D eigenvalue weighted by Gasteiger charge is -2.36. The van der Waals surface area contributed by atoms with Gasteiger partial charge in [-0.05, 0) is 41.5 Å². The van der Waals surface area contributed by atoms with Gasteiger partial charge in [-0.15, -0.1) is 0 Å². The molecule has 35 heavy (non-hydrogen) atoms. The van der Waals surface area contributed by atoms with E-state index in [2.05, 4.69) is 4.98 Å². The molecular formula is C27H20FN3O4. The second kappa shape index (κ2) is 7.80. The van der Waals surface area contributed by atoms with Crippen LogP contribution >= 0.6 is 0 Å². The Kier molecular flexibility index (Phi) is 4.70. The quantitative estimate of drug-likeness (QED) is 0.352. The number of urea groups is 1. The molecule has 1 N–H and O–H groups in total. The van der Waals surface area contributed by atoms with Crippen LogP contribution in [-0.2, 0) is 16.0 Å². The van der Waals surface area contributed by atoms with Gasteiger partial charge in [-0.25, -0.2) is 18.9 Å². The molecular weight excluding hydrogens is 449 g/mol. The number of rotatable bonds is 3. The number of H-pyrrole nitrogens is 1. The Bertz CT molecular complexity index is 1510. The number of hydrogen-bond acceptors (Lipinski definition) is 4. The number of hydrogen-bond donors (Lipinski definition) is 1. The molecule has 4 aromatic rings. The summed E-state index contributed by atoms with van der Waals surface area (Å²) in [7, 11) is 1.25. The van der Waals surface area contributed by atoms with Gasteiger partial charge in [0.05, 0.1) is 18.4 Å². The molecule has 6 rings (SSSR count). The van der Waals surface area contributed by atoms with E-state index in [-0.39, 0.29) is 11.3 Å². The fraction of sp³-hybridized carbons (Fsp3) is 0.148. The number of benzene rings is 3. The first kappa shape index (κ1) is 21.1. The molecule has 174 valence electrons. The third-order valence-electron chi connectivity index (χ3n) is 6.79. The summed E-state index contributed by atoms with van der Waals surface area (Å²) in [5.74, 6) is -1.46. The summed E-state index contributed by atoms with van der Waals surface area (Å²) in [5.41, 5.74) is 3.61. The lowest BCUT2D eigenvalue weighted by atomic mass is 9.89. The maximum Gasteiger partial charge on any atom is 0.339 e. The molecule has 1 aromatic heterocycles. The van der Waals surface area contributed by atoms with E-state index < -0.39 is 35.8 Å². The highest BCUT2D eigenvalue weighted by atomic mass is 19.1. The highest BCUT2D eigenvalue weighted by Gasteiger charge is 2.53. The van der Waals surface area contributed by atoms with Crippen molar-refractivity contribution in [2.75, 3.05) is 12.0 Å². The Labute approximate surface area is 199 Å². The Morgan fingerprint density at radius 3 is 2.49 bits per heavy atom. The van der Waals surface area contributed by atoms with Crippen LogP contribution in [0.4, 0.5) is 14.9 Å². The molecule has 3 aromatic carbocycles. The zero-order valence-corrected chi connectivity index (χ0v) is 18.7. The molecule has 0 radical (unpaired) electrons. The van der Waals surface area contributed by atoms with Gasteiger partial charge in [0, 0.05) is 23.0 Å². The summed E-state index contributed by atoms with van der Waals surface area (Å²) in [5, 5.41) is 0.975. The molecule has 8 heteroatoms. The average molecular weight is 469 g/mol. The number of carbonyl (C=O) groups is 3. The van der Waals surface area contributed by atoms with Crippen LogP contribution in [0.25, 0.3) is 10.9 Å². The van der Waals surface area contributed by atoms with Crippen molar-refractivity contribution in [2.24, 2.45) is 0 Å². The molecule has 0 saturated carbocycles. The van der Waals surface area contributed by atoms with Gasteiger partial charge in [-0.1, -0.05) is 42.5 Å². The third kappa shape index (κ3) is 3.06. The zero-order chi connectivity index (χ0) is 24.3.